The van der Waals surface area contributed by atoms with Crippen molar-refractivity contribution in [3.05, 3.63) is 36.7 Å². The average molecular weight is 246 g/mol. The van der Waals surface area contributed by atoms with E-state index >= 15 is 0 Å². The summed E-state index contributed by atoms with van der Waals surface area (Å²) < 4.78 is 1.76. The minimum Gasteiger partial charge on any atom is -0.328 e. The van der Waals surface area contributed by atoms with Crippen LogP contribution in [0.15, 0.2) is 30.9 Å². The number of carbonyl (C=O) groups excluding carboxylic acids is 1. The first-order chi connectivity index (χ1) is 8.66. The van der Waals surface area contributed by atoms with Crippen molar-refractivity contribution >= 4 is 11.7 Å². The third-order valence-corrected chi connectivity index (χ3v) is 2.42. The number of aromatic nitrogens is 4. The molecule has 2 heterocycles. The highest BCUT2D eigenvalue weighted by atomic mass is 16.2. The molecule has 0 radical (unpaired) electrons. The average Bonchev–Trinajstić information content (AvgIpc) is 2.76. The maximum Gasteiger partial charge on any atom is 0.319 e. The van der Waals surface area contributed by atoms with Gasteiger partial charge >= 0.3 is 6.03 Å². The number of nitrogens with zero attached hydrogens (tertiary/aromatic N) is 4. The number of rotatable bonds is 3. The number of pyridine rings is 1. The molecule has 2 aromatic rings. The molecule has 2 rings (SSSR count). The Morgan fingerprint density at radius 3 is 2.72 bits per heavy atom. The molecule has 18 heavy (non-hydrogen) atoms. The van der Waals surface area contributed by atoms with E-state index in [1.54, 1.807) is 35.4 Å². The summed E-state index contributed by atoms with van der Waals surface area (Å²) in [5.41, 5.74) is 0.688. The van der Waals surface area contributed by atoms with Crippen molar-refractivity contribution in [3.63, 3.8) is 0 Å². The Hall–Kier alpha value is -2.44. The SMILES string of the molecule is C[C@H](NC(=O)Nc1ccncc1)c1nncn1C. The van der Waals surface area contributed by atoms with E-state index in [0.29, 0.717) is 11.5 Å². The molecule has 0 aliphatic carbocycles. The van der Waals surface area contributed by atoms with Crippen LogP contribution in [0.25, 0.3) is 0 Å². The van der Waals surface area contributed by atoms with Gasteiger partial charge in [-0.15, -0.1) is 10.2 Å². The number of nitrogens with one attached hydrogen (secondary N) is 2. The first-order valence-electron chi connectivity index (χ1n) is 5.48. The van der Waals surface area contributed by atoms with Gasteiger partial charge in [0.1, 0.15) is 6.33 Å². The Morgan fingerprint density at radius 1 is 1.39 bits per heavy atom. The molecule has 0 spiro atoms. The molecule has 7 nitrogen and oxygen atoms in total. The van der Waals surface area contributed by atoms with Crippen LogP contribution in [-0.2, 0) is 7.05 Å². The highest BCUT2D eigenvalue weighted by Gasteiger charge is 2.13. The van der Waals surface area contributed by atoms with Crippen LogP contribution in [0.2, 0.25) is 0 Å². The lowest BCUT2D eigenvalue weighted by Crippen LogP contribution is -2.32. The van der Waals surface area contributed by atoms with E-state index < -0.39 is 0 Å². The number of amides is 2. The van der Waals surface area contributed by atoms with E-state index in [0.717, 1.165) is 0 Å². The molecule has 0 fully saturated rings. The fourth-order valence-electron chi connectivity index (χ4n) is 1.55. The predicted molar refractivity (Wildman–Crippen MR) is 65.8 cm³/mol. The Bertz CT molecular complexity index is 523. The number of aryl methyl sites for hydroxylation is 1. The van der Waals surface area contributed by atoms with Gasteiger partial charge in [-0.3, -0.25) is 4.98 Å². The maximum absolute atomic E-state index is 11.7. The Morgan fingerprint density at radius 2 is 2.11 bits per heavy atom. The molecule has 0 saturated heterocycles. The highest BCUT2D eigenvalue weighted by Crippen LogP contribution is 2.08. The molecule has 1 atom stereocenters. The molecule has 2 N–H and O–H groups in total. The van der Waals surface area contributed by atoms with Gasteiger partial charge in [0.25, 0.3) is 0 Å². The van der Waals surface area contributed by atoms with Crippen molar-refractivity contribution in [2.24, 2.45) is 7.05 Å². The summed E-state index contributed by atoms with van der Waals surface area (Å²) in [4.78, 5) is 15.6. The highest BCUT2D eigenvalue weighted by molar-refractivity contribution is 5.89. The molecule has 0 aromatic carbocycles. The molecule has 7 heteroatoms. The van der Waals surface area contributed by atoms with Crippen LogP contribution < -0.4 is 10.6 Å². The van der Waals surface area contributed by atoms with Crippen molar-refractivity contribution in [2.75, 3.05) is 5.32 Å². The van der Waals surface area contributed by atoms with Gasteiger partial charge in [0, 0.05) is 25.1 Å². The van der Waals surface area contributed by atoms with Crippen molar-refractivity contribution in [1.29, 1.82) is 0 Å². The number of urea groups is 1. The van der Waals surface area contributed by atoms with Crippen molar-refractivity contribution < 1.29 is 4.79 Å². The van der Waals surface area contributed by atoms with Crippen molar-refractivity contribution in [3.8, 4) is 0 Å². The Balaban J connectivity index is 1.94. The Kier molecular flexibility index (Phi) is 3.52. The Labute approximate surface area is 104 Å². The fourth-order valence-corrected chi connectivity index (χ4v) is 1.55. The summed E-state index contributed by atoms with van der Waals surface area (Å²) in [6.45, 7) is 1.84. The van der Waals surface area contributed by atoms with E-state index in [-0.39, 0.29) is 12.1 Å². The lowest BCUT2D eigenvalue weighted by molar-refractivity contribution is 0.248. The largest absolute Gasteiger partial charge is 0.328 e. The molecule has 0 unspecified atom stereocenters. The quantitative estimate of drug-likeness (QED) is 0.849. The topological polar surface area (TPSA) is 84.7 Å². The molecule has 94 valence electrons. The van der Waals surface area contributed by atoms with Crippen LogP contribution in [0, 0.1) is 0 Å². The zero-order valence-electron chi connectivity index (χ0n) is 10.2. The smallest absolute Gasteiger partial charge is 0.319 e. The zero-order valence-corrected chi connectivity index (χ0v) is 10.2. The molecule has 0 aliphatic heterocycles. The molecule has 2 amide bonds. The second-order valence-electron chi connectivity index (χ2n) is 3.86. The molecular formula is C11H14N6O. The second kappa shape index (κ2) is 5.26. The van der Waals surface area contributed by atoms with Gasteiger partial charge in [-0.05, 0) is 19.1 Å². The maximum atomic E-state index is 11.7. The number of anilines is 1. The number of carbonyl (C=O) groups is 1. The van der Waals surface area contributed by atoms with E-state index in [2.05, 4.69) is 25.8 Å². The van der Waals surface area contributed by atoms with E-state index in [1.807, 2.05) is 14.0 Å². The summed E-state index contributed by atoms with van der Waals surface area (Å²) in [5, 5.41) is 13.2. The minimum absolute atomic E-state index is 0.223. The van der Waals surface area contributed by atoms with Gasteiger partial charge in [0.05, 0.1) is 6.04 Å². The fraction of sp³-hybridized carbons (Fsp3) is 0.273. The van der Waals surface area contributed by atoms with E-state index in [4.69, 9.17) is 0 Å². The van der Waals surface area contributed by atoms with Crippen LogP contribution in [-0.4, -0.2) is 25.8 Å². The zero-order chi connectivity index (χ0) is 13.0. The summed E-state index contributed by atoms with van der Waals surface area (Å²) in [6.07, 6.45) is 4.82. The van der Waals surface area contributed by atoms with Crippen molar-refractivity contribution in [1.82, 2.24) is 25.1 Å². The lowest BCUT2D eigenvalue weighted by atomic mass is 10.3. The van der Waals surface area contributed by atoms with E-state index in [1.165, 1.54) is 0 Å². The summed E-state index contributed by atoms with van der Waals surface area (Å²) in [7, 11) is 1.83. The van der Waals surface area contributed by atoms with Gasteiger partial charge in [0.15, 0.2) is 5.82 Å². The van der Waals surface area contributed by atoms with Gasteiger partial charge in [-0.25, -0.2) is 4.79 Å². The predicted octanol–water partition coefficient (Wildman–Crippen LogP) is 1.09. The summed E-state index contributed by atoms with van der Waals surface area (Å²) in [6, 6.07) is 2.91. The van der Waals surface area contributed by atoms with Gasteiger partial charge in [-0.2, -0.15) is 0 Å². The van der Waals surface area contributed by atoms with Crippen molar-refractivity contribution in [2.45, 2.75) is 13.0 Å². The molecule has 2 aromatic heterocycles. The minimum atomic E-state index is -0.295. The third kappa shape index (κ3) is 2.82. The molecule has 0 saturated carbocycles. The van der Waals surface area contributed by atoms with Gasteiger partial charge < -0.3 is 15.2 Å². The van der Waals surface area contributed by atoms with Crippen LogP contribution in [0.3, 0.4) is 0 Å². The third-order valence-electron chi connectivity index (χ3n) is 2.42. The van der Waals surface area contributed by atoms with Crippen LogP contribution >= 0.6 is 0 Å². The van der Waals surface area contributed by atoms with Crippen LogP contribution in [0.1, 0.15) is 18.8 Å². The van der Waals surface area contributed by atoms with Gasteiger partial charge in [0.2, 0.25) is 0 Å². The van der Waals surface area contributed by atoms with Gasteiger partial charge in [-0.1, -0.05) is 0 Å². The standard InChI is InChI=1S/C11H14N6O/c1-8(10-16-13-7-17(10)2)14-11(18)15-9-3-5-12-6-4-9/h3-8H,1-2H3,(H2,12,14,15,18)/t8-/m0/s1. The second-order valence-corrected chi connectivity index (χ2v) is 3.86. The summed E-state index contributed by atoms with van der Waals surface area (Å²) >= 11 is 0. The first kappa shape index (κ1) is 12.0. The van der Waals surface area contributed by atoms with Crippen LogP contribution in [0.4, 0.5) is 10.5 Å². The first-order valence-corrected chi connectivity index (χ1v) is 5.48. The van der Waals surface area contributed by atoms with Crippen LogP contribution in [0.5, 0.6) is 0 Å². The lowest BCUT2D eigenvalue weighted by Gasteiger charge is -2.13. The normalized spacial score (nSPS) is 11.9. The summed E-state index contributed by atoms with van der Waals surface area (Å²) in [5.74, 6) is 0.694. The molecular weight excluding hydrogens is 232 g/mol. The number of hydrogen-bond acceptors (Lipinski definition) is 4. The molecule has 0 aliphatic rings. The van der Waals surface area contributed by atoms with E-state index in [9.17, 15) is 4.79 Å². The number of hydrogen-bond donors (Lipinski definition) is 2. The monoisotopic (exact) mass is 246 g/mol. The molecule has 0 bridgehead atoms.